The molecule has 0 radical (unpaired) electrons. The Balaban J connectivity index is 1.17. The maximum atomic E-state index is 2.49. The van der Waals surface area contributed by atoms with Crippen LogP contribution in [-0.2, 0) is 5.41 Å². The van der Waals surface area contributed by atoms with Gasteiger partial charge in [0.25, 0.3) is 0 Å². The van der Waals surface area contributed by atoms with Crippen LogP contribution in [0.2, 0.25) is 0 Å². The normalized spacial score (nSPS) is 12.7. The molecule has 11 rings (SSSR count). The first-order valence-electron chi connectivity index (χ1n) is 20.5. The largest absolute Gasteiger partial charge is 0.310 e. The van der Waals surface area contributed by atoms with Crippen LogP contribution in [0.3, 0.4) is 0 Å². The lowest BCUT2D eigenvalue weighted by atomic mass is 9.82. The Kier molecular flexibility index (Phi) is 8.20. The van der Waals surface area contributed by atoms with E-state index < -0.39 is 0 Å². The highest BCUT2D eigenvalue weighted by molar-refractivity contribution is 6.09. The summed E-state index contributed by atoms with van der Waals surface area (Å²) in [5.74, 6) is 0. The van der Waals surface area contributed by atoms with E-state index in [1.807, 2.05) is 0 Å². The van der Waals surface area contributed by atoms with Gasteiger partial charge in [-0.15, -0.1) is 0 Å². The fourth-order valence-corrected chi connectivity index (χ4v) is 9.58. The van der Waals surface area contributed by atoms with Crippen molar-refractivity contribution < 1.29 is 0 Å². The molecular weight excluding hydrogens is 713 g/mol. The van der Waals surface area contributed by atoms with Gasteiger partial charge in [0.05, 0.1) is 16.7 Å². The number of benzene rings is 9. The number of hydrogen-bond donors (Lipinski definition) is 0. The van der Waals surface area contributed by atoms with E-state index in [0.29, 0.717) is 0 Å². The third kappa shape index (κ3) is 5.71. The Bertz CT molecular complexity index is 3120. The molecule has 9 aromatic carbocycles. The maximum Gasteiger partial charge on any atom is 0.0546 e. The zero-order valence-electron chi connectivity index (χ0n) is 33.2. The molecule has 1 aromatic heterocycles. The van der Waals surface area contributed by atoms with Gasteiger partial charge in [0.2, 0.25) is 0 Å². The molecule has 1 heterocycles. The molecule has 0 atom stereocenters. The van der Waals surface area contributed by atoms with Gasteiger partial charge in [0.15, 0.2) is 0 Å². The van der Waals surface area contributed by atoms with Crippen LogP contribution in [0.1, 0.15) is 25.0 Å². The molecule has 2 nitrogen and oxygen atoms in total. The molecule has 1 aliphatic carbocycles. The van der Waals surface area contributed by atoms with Crippen molar-refractivity contribution >= 4 is 38.9 Å². The molecule has 0 saturated carbocycles. The summed E-state index contributed by atoms with van der Waals surface area (Å²) in [4.78, 5) is 2.49. The molecule has 0 N–H and O–H groups in total. The van der Waals surface area contributed by atoms with E-state index in [0.717, 1.165) is 28.3 Å². The summed E-state index contributed by atoms with van der Waals surface area (Å²) in [7, 11) is 0. The second-order valence-electron chi connectivity index (χ2n) is 16.1. The highest BCUT2D eigenvalue weighted by Gasteiger charge is 2.36. The second kappa shape index (κ2) is 13.9. The first kappa shape index (κ1) is 34.8. The van der Waals surface area contributed by atoms with Crippen molar-refractivity contribution in [1.82, 2.24) is 4.57 Å². The molecule has 0 amide bonds. The summed E-state index contributed by atoms with van der Waals surface area (Å²) >= 11 is 0. The minimum Gasteiger partial charge on any atom is -0.310 e. The van der Waals surface area contributed by atoms with Crippen molar-refractivity contribution in [3.63, 3.8) is 0 Å². The molecule has 0 fully saturated rings. The average molecular weight is 755 g/mol. The van der Waals surface area contributed by atoms with Crippen LogP contribution in [0, 0.1) is 0 Å². The summed E-state index contributed by atoms with van der Waals surface area (Å²) < 4.78 is 2.42. The molecule has 10 aromatic rings. The predicted molar refractivity (Wildman–Crippen MR) is 249 cm³/mol. The zero-order chi connectivity index (χ0) is 39.5. The topological polar surface area (TPSA) is 8.17 Å². The Morgan fingerprint density at radius 2 is 0.915 bits per heavy atom. The molecule has 0 spiro atoms. The summed E-state index contributed by atoms with van der Waals surface area (Å²) in [6.07, 6.45) is 0. The molecule has 0 unspecified atom stereocenters. The molecule has 0 saturated heterocycles. The number of rotatable bonds is 7. The predicted octanol–water partition coefficient (Wildman–Crippen LogP) is 15.6. The van der Waals surface area contributed by atoms with Crippen LogP contribution in [0.25, 0.3) is 72.0 Å². The van der Waals surface area contributed by atoms with E-state index >= 15 is 0 Å². The molecule has 2 heteroatoms. The highest BCUT2D eigenvalue weighted by atomic mass is 15.1. The van der Waals surface area contributed by atoms with E-state index in [-0.39, 0.29) is 5.41 Å². The van der Waals surface area contributed by atoms with Gasteiger partial charge in [-0.2, -0.15) is 0 Å². The SMILES string of the molecule is CC1(C)c2ccccc2-c2ccc(N(c3cccc(-n4c5ccccc5c5ccccc54)c3)c3cccc(-c4ccccc4)c3-c3ccc(-c4ccccc4)cc3)cc21. The van der Waals surface area contributed by atoms with Crippen LogP contribution in [0.5, 0.6) is 0 Å². The zero-order valence-corrected chi connectivity index (χ0v) is 33.2. The molecule has 59 heavy (non-hydrogen) atoms. The standard InChI is InChI=1S/C57H42N2/c1-57(2)51-27-12-9-23-47(51)48-36-35-45(38-52(48)57)58(43-21-15-22-44(37-43)59-53-28-13-10-24-49(53)50-25-11-14-29-54(50)59)55-30-16-26-46(41-19-7-4-8-20-41)56(55)42-33-31-40(32-34-42)39-17-5-3-6-18-39/h3-38H,1-2H3. The smallest absolute Gasteiger partial charge is 0.0546 e. The number of anilines is 3. The van der Waals surface area contributed by atoms with Crippen molar-refractivity contribution in [1.29, 1.82) is 0 Å². The minimum atomic E-state index is -0.152. The van der Waals surface area contributed by atoms with Gasteiger partial charge in [-0.3, -0.25) is 0 Å². The van der Waals surface area contributed by atoms with Crippen LogP contribution in [0.4, 0.5) is 17.1 Å². The average Bonchev–Trinajstić information content (AvgIpc) is 3.75. The van der Waals surface area contributed by atoms with Crippen LogP contribution in [-0.4, -0.2) is 4.57 Å². The van der Waals surface area contributed by atoms with Crippen LogP contribution >= 0.6 is 0 Å². The minimum absolute atomic E-state index is 0.152. The van der Waals surface area contributed by atoms with Gasteiger partial charge >= 0.3 is 0 Å². The van der Waals surface area contributed by atoms with E-state index in [1.54, 1.807) is 0 Å². The fraction of sp³-hybridized carbons (Fsp3) is 0.0526. The summed E-state index contributed by atoms with van der Waals surface area (Å²) in [6.45, 7) is 4.73. The molecule has 0 aliphatic heterocycles. The van der Waals surface area contributed by atoms with Crippen LogP contribution in [0.15, 0.2) is 218 Å². The lowest BCUT2D eigenvalue weighted by Gasteiger charge is -2.31. The molecule has 1 aliphatic rings. The van der Waals surface area contributed by atoms with Crippen molar-refractivity contribution in [2.45, 2.75) is 19.3 Å². The Labute approximate surface area is 345 Å². The third-order valence-corrected chi connectivity index (χ3v) is 12.4. The van der Waals surface area contributed by atoms with Gasteiger partial charge in [0, 0.05) is 38.8 Å². The Morgan fingerprint density at radius 1 is 0.373 bits per heavy atom. The number of nitrogens with zero attached hydrogens (tertiary/aromatic N) is 2. The van der Waals surface area contributed by atoms with E-state index in [9.17, 15) is 0 Å². The van der Waals surface area contributed by atoms with Crippen LogP contribution < -0.4 is 4.90 Å². The van der Waals surface area contributed by atoms with Crippen molar-refractivity contribution in [3.05, 3.63) is 230 Å². The molecule has 0 bridgehead atoms. The Morgan fingerprint density at radius 3 is 1.64 bits per heavy atom. The first-order chi connectivity index (χ1) is 29.0. The maximum absolute atomic E-state index is 2.49. The summed E-state index contributed by atoms with van der Waals surface area (Å²) in [6, 6.07) is 80.0. The van der Waals surface area contributed by atoms with Gasteiger partial charge in [-0.25, -0.2) is 0 Å². The van der Waals surface area contributed by atoms with Gasteiger partial charge in [-0.05, 0) is 98.6 Å². The van der Waals surface area contributed by atoms with Gasteiger partial charge in [0.1, 0.15) is 0 Å². The van der Waals surface area contributed by atoms with Crippen molar-refractivity contribution in [2.75, 3.05) is 4.90 Å². The molecule has 280 valence electrons. The van der Waals surface area contributed by atoms with E-state index in [1.165, 1.54) is 71.9 Å². The quantitative estimate of drug-likeness (QED) is 0.157. The van der Waals surface area contributed by atoms with Gasteiger partial charge in [-0.1, -0.05) is 184 Å². The second-order valence-corrected chi connectivity index (χ2v) is 16.1. The lowest BCUT2D eigenvalue weighted by molar-refractivity contribution is 0.660. The number of hydrogen-bond acceptors (Lipinski definition) is 1. The van der Waals surface area contributed by atoms with Gasteiger partial charge < -0.3 is 9.47 Å². The summed E-state index contributed by atoms with van der Waals surface area (Å²) in [5.41, 5.74) is 19.1. The summed E-state index contributed by atoms with van der Waals surface area (Å²) in [5, 5.41) is 2.50. The van der Waals surface area contributed by atoms with E-state index in [4.69, 9.17) is 0 Å². The Hall–Kier alpha value is -7.42. The number of fused-ring (bicyclic) bond motifs is 6. The number of para-hydroxylation sites is 2. The van der Waals surface area contributed by atoms with Crippen molar-refractivity contribution in [2.24, 2.45) is 0 Å². The highest BCUT2D eigenvalue weighted by Crippen LogP contribution is 2.52. The van der Waals surface area contributed by atoms with E-state index in [2.05, 4.69) is 242 Å². The number of aromatic nitrogens is 1. The lowest BCUT2D eigenvalue weighted by Crippen LogP contribution is -2.17. The van der Waals surface area contributed by atoms with Crippen molar-refractivity contribution in [3.8, 4) is 50.2 Å². The molecular formula is C57H42N2. The third-order valence-electron chi connectivity index (χ3n) is 12.4. The monoisotopic (exact) mass is 754 g/mol. The first-order valence-corrected chi connectivity index (χ1v) is 20.5. The fourth-order valence-electron chi connectivity index (χ4n) is 9.58.